The molecular formula is C18H29N3O. The predicted molar refractivity (Wildman–Crippen MR) is 88.9 cm³/mol. The fraction of sp³-hybridized carbons (Fsp3) is 0.722. The molecule has 0 amide bonds. The summed E-state index contributed by atoms with van der Waals surface area (Å²) in [5.41, 5.74) is 1.39. The van der Waals surface area contributed by atoms with Crippen molar-refractivity contribution in [1.29, 1.82) is 0 Å². The molecule has 2 aliphatic rings. The molecule has 1 unspecified atom stereocenters. The van der Waals surface area contributed by atoms with E-state index in [9.17, 15) is 0 Å². The Morgan fingerprint density at radius 1 is 1.32 bits per heavy atom. The van der Waals surface area contributed by atoms with Gasteiger partial charge in [0.05, 0.1) is 13.2 Å². The highest BCUT2D eigenvalue weighted by Crippen LogP contribution is 2.34. The maximum atomic E-state index is 5.48. The van der Waals surface area contributed by atoms with Crippen molar-refractivity contribution in [3.63, 3.8) is 0 Å². The Bertz CT molecular complexity index is 453. The van der Waals surface area contributed by atoms with E-state index in [0.717, 1.165) is 45.2 Å². The van der Waals surface area contributed by atoms with Crippen LogP contribution in [0.5, 0.6) is 0 Å². The predicted octanol–water partition coefficient (Wildman–Crippen LogP) is 2.10. The van der Waals surface area contributed by atoms with E-state index in [-0.39, 0.29) is 5.54 Å². The number of aromatic nitrogens is 1. The van der Waals surface area contributed by atoms with Gasteiger partial charge < -0.3 is 10.1 Å². The highest BCUT2D eigenvalue weighted by molar-refractivity contribution is 5.07. The molecule has 2 heterocycles. The van der Waals surface area contributed by atoms with Crippen LogP contribution in [0, 0.1) is 5.92 Å². The number of hydrogen-bond acceptors (Lipinski definition) is 4. The van der Waals surface area contributed by atoms with Crippen molar-refractivity contribution in [2.24, 2.45) is 5.92 Å². The quantitative estimate of drug-likeness (QED) is 0.837. The molecule has 1 aromatic rings. The van der Waals surface area contributed by atoms with Crippen LogP contribution in [0.1, 0.15) is 32.4 Å². The van der Waals surface area contributed by atoms with Crippen molar-refractivity contribution in [2.75, 3.05) is 32.8 Å². The highest BCUT2D eigenvalue weighted by Gasteiger charge is 2.34. The molecule has 122 valence electrons. The zero-order valence-corrected chi connectivity index (χ0v) is 13.9. The molecule has 3 rings (SSSR count). The van der Waals surface area contributed by atoms with Crippen molar-refractivity contribution in [2.45, 2.75) is 44.7 Å². The Balaban J connectivity index is 1.55. The Morgan fingerprint density at radius 2 is 2.09 bits per heavy atom. The fourth-order valence-corrected chi connectivity index (χ4v) is 3.31. The molecule has 0 spiro atoms. The SMILES string of the molecule is CC(C)(CNC(Cc1ccccn1)C1CC1)N1CCOCC1. The second-order valence-corrected chi connectivity index (χ2v) is 7.26. The molecule has 0 radical (unpaired) electrons. The van der Waals surface area contributed by atoms with Gasteiger partial charge in [-0.25, -0.2) is 0 Å². The molecule has 1 N–H and O–H groups in total. The van der Waals surface area contributed by atoms with Gasteiger partial charge in [0.25, 0.3) is 0 Å². The van der Waals surface area contributed by atoms with E-state index in [0.29, 0.717) is 6.04 Å². The van der Waals surface area contributed by atoms with Crippen molar-refractivity contribution in [3.8, 4) is 0 Å². The van der Waals surface area contributed by atoms with E-state index < -0.39 is 0 Å². The van der Waals surface area contributed by atoms with E-state index in [1.807, 2.05) is 12.3 Å². The van der Waals surface area contributed by atoms with Gasteiger partial charge in [-0.3, -0.25) is 9.88 Å². The number of rotatable bonds is 7. The zero-order valence-electron chi connectivity index (χ0n) is 13.9. The highest BCUT2D eigenvalue weighted by atomic mass is 16.5. The summed E-state index contributed by atoms with van der Waals surface area (Å²) in [5, 5.41) is 3.85. The number of nitrogens with zero attached hydrogens (tertiary/aromatic N) is 2. The molecular weight excluding hydrogens is 274 g/mol. The van der Waals surface area contributed by atoms with Crippen molar-refractivity contribution in [1.82, 2.24) is 15.2 Å². The number of ether oxygens (including phenoxy) is 1. The van der Waals surface area contributed by atoms with Gasteiger partial charge in [-0.15, -0.1) is 0 Å². The van der Waals surface area contributed by atoms with Crippen LogP contribution < -0.4 is 5.32 Å². The number of nitrogens with one attached hydrogen (secondary N) is 1. The molecule has 1 aromatic heterocycles. The van der Waals surface area contributed by atoms with E-state index in [4.69, 9.17) is 4.74 Å². The summed E-state index contributed by atoms with van der Waals surface area (Å²) < 4.78 is 5.48. The third-order valence-electron chi connectivity index (χ3n) is 5.01. The monoisotopic (exact) mass is 303 g/mol. The second kappa shape index (κ2) is 7.07. The molecule has 0 aromatic carbocycles. The van der Waals surface area contributed by atoms with E-state index in [1.165, 1.54) is 18.5 Å². The van der Waals surface area contributed by atoms with E-state index in [1.54, 1.807) is 0 Å². The molecule has 1 saturated carbocycles. The molecule has 1 saturated heterocycles. The van der Waals surface area contributed by atoms with Gasteiger partial charge in [-0.1, -0.05) is 6.07 Å². The van der Waals surface area contributed by atoms with Crippen molar-refractivity contribution < 1.29 is 4.74 Å². The average Bonchev–Trinajstić information content (AvgIpc) is 3.38. The normalized spacial score (nSPS) is 21.7. The molecule has 0 bridgehead atoms. The van der Waals surface area contributed by atoms with Crippen LogP contribution in [0.15, 0.2) is 24.4 Å². The van der Waals surface area contributed by atoms with Gasteiger partial charge in [-0.05, 0) is 44.7 Å². The Labute approximate surface area is 134 Å². The van der Waals surface area contributed by atoms with Gasteiger partial charge in [0.2, 0.25) is 0 Å². The van der Waals surface area contributed by atoms with Crippen molar-refractivity contribution in [3.05, 3.63) is 30.1 Å². The maximum absolute atomic E-state index is 5.48. The largest absolute Gasteiger partial charge is 0.379 e. The first-order chi connectivity index (χ1) is 10.6. The van der Waals surface area contributed by atoms with Crippen LogP contribution in [-0.2, 0) is 11.2 Å². The molecule has 4 nitrogen and oxygen atoms in total. The Hall–Kier alpha value is -0.970. The number of hydrogen-bond donors (Lipinski definition) is 1. The number of pyridine rings is 1. The molecule has 2 fully saturated rings. The summed E-state index contributed by atoms with van der Waals surface area (Å²) in [7, 11) is 0. The van der Waals surface area contributed by atoms with Gasteiger partial charge in [0, 0.05) is 49.5 Å². The lowest BCUT2D eigenvalue weighted by Crippen LogP contribution is -2.56. The lowest BCUT2D eigenvalue weighted by molar-refractivity contribution is -0.0105. The first-order valence-corrected chi connectivity index (χ1v) is 8.61. The molecule has 1 atom stereocenters. The van der Waals surface area contributed by atoms with Gasteiger partial charge in [0.1, 0.15) is 0 Å². The van der Waals surface area contributed by atoms with Crippen LogP contribution in [0.25, 0.3) is 0 Å². The zero-order chi connectivity index (χ0) is 15.4. The summed E-state index contributed by atoms with van der Waals surface area (Å²) in [6.45, 7) is 9.53. The lowest BCUT2D eigenvalue weighted by atomic mass is 9.99. The standard InChI is InChI=1S/C18H29N3O/c1-18(2,21-9-11-22-12-10-21)14-20-17(15-6-7-15)13-16-5-3-4-8-19-16/h3-5,8,15,17,20H,6-7,9-14H2,1-2H3. The van der Waals surface area contributed by atoms with E-state index in [2.05, 4.69) is 41.2 Å². The first-order valence-electron chi connectivity index (χ1n) is 8.61. The molecule has 1 aliphatic carbocycles. The van der Waals surface area contributed by atoms with E-state index >= 15 is 0 Å². The Morgan fingerprint density at radius 3 is 2.73 bits per heavy atom. The first kappa shape index (κ1) is 15.9. The van der Waals surface area contributed by atoms with Gasteiger partial charge in [0.15, 0.2) is 0 Å². The summed E-state index contributed by atoms with van der Waals surface area (Å²) >= 11 is 0. The minimum absolute atomic E-state index is 0.182. The minimum atomic E-state index is 0.182. The smallest absolute Gasteiger partial charge is 0.0594 e. The van der Waals surface area contributed by atoms with Crippen LogP contribution in [-0.4, -0.2) is 54.3 Å². The fourth-order valence-electron chi connectivity index (χ4n) is 3.31. The number of morpholine rings is 1. The van der Waals surface area contributed by atoms with Crippen LogP contribution in [0.4, 0.5) is 0 Å². The average molecular weight is 303 g/mol. The molecule has 4 heteroatoms. The van der Waals surface area contributed by atoms with Gasteiger partial charge >= 0.3 is 0 Å². The van der Waals surface area contributed by atoms with Crippen LogP contribution in [0.2, 0.25) is 0 Å². The van der Waals surface area contributed by atoms with Crippen LogP contribution in [0.3, 0.4) is 0 Å². The van der Waals surface area contributed by atoms with Crippen molar-refractivity contribution >= 4 is 0 Å². The second-order valence-electron chi connectivity index (χ2n) is 7.26. The van der Waals surface area contributed by atoms with Crippen LogP contribution >= 0.6 is 0 Å². The minimum Gasteiger partial charge on any atom is -0.379 e. The topological polar surface area (TPSA) is 37.4 Å². The summed E-state index contributed by atoms with van der Waals surface area (Å²) in [4.78, 5) is 7.05. The third-order valence-corrected chi connectivity index (χ3v) is 5.01. The lowest BCUT2D eigenvalue weighted by Gasteiger charge is -2.41. The third kappa shape index (κ3) is 4.28. The summed E-state index contributed by atoms with van der Waals surface area (Å²) in [6, 6.07) is 6.79. The molecule has 22 heavy (non-hydrogen) atoms. The summed E-state index contributed by atoms with van der Waals surface area (Å²) in [6.07, 6.45) is 5.67. The summed E-state index contributed by atoms with van der Waals surface area (Å²) in [5.74, 6) is 0.836. The Kier molecular flexibility index (Phi) is 5.11. The van der Waals surface area contributed by atoms with Gasteiger partial charge in [-0.2, -0.15) is 0 Å². The molecule has 1 aliphatic heterocycles. The maximum Gasteiger partial charge on any atom is 0.0594 e.